The fourth-order valence-corrected chi connectivity index (χ4v) is 1.37. The van der Waals surface area contributed by atoms with Crippen molar-refractivity contribution in [1.82, 2.24) is 0 Å². The highest BCUT2D eigenvalue weighted by Gasteiger charge is 2.44. The molecule has 1 fully saturated rings. The van der Waals surface area contributed by atoms with Gasteiger partial charge in [-0.05, 0) is 13.8 Å². The van der Waals surface area contributed by atoms with Crippen LogP contribution in [0.4, 0.5) is 0 Å². The lowest BCUT2D eigenvalue weighted by Gasteiger charge is -2.18. The van der Waals surface area contributed by atoms with E-state index in [1.165, 1.54) is 0 Å². The lowest BCUT2D eigenvalue weighted by molar-refractivity contribution is -0.153. The number of methoxy groups -OCH3 is 1. The summed E-state index contributed by atoms with van der Waals surface area (Å²) in [5, 5.41) is 9.75. The molecule has 0 unspecified atom stereocenters. The zero-order chi connectivity index (χ0) is 12.3. The van der Waals surface area contributed by atoms with Crippen molar-refractivity contribution in [3.8, 4) is 0 Å². The number of hydrogen-bond donors (Lipinski definition) is 1. The van der Waals surface area contributed by atoms with Crippen molar-refractivity contribution in [2.24, 2.45) is 0 Å². The topological polar surface area (TPSA) is 101 Å². The van der Waals surface area contributed by atoms with Crippen LogP contribution in [0, 0.1) is 0 Å². The Morgan fingerprint density at radius 3 is 2.69 bits per heavy atom. The Morgan fingerprint density at radius 2 is 2.31 bits per heavy atom. The maximum absolute atomic E-state index is 11.1. The lowest BCUT2D eigenvalue weighted by Crippen LogP contribution is -2.41. The van der Waals surface area contributed by atoms with Crippen LogP contribution in [0.5, 0.6) is 0 Å². The smallest absolute Gasteiger partial charge is 0.419 e. The van der Waals surface area contributed by atoms with Crippen LogP contribution in [-0.2, 0) is 19.0 Å². The van der Waals surface area contributed by atoms with Gasteiger partial charge in [0, 0.05) is 0 Å². The predicted octanol–water partition coefficient (Wildman–Crippen LogP) is -0.657. The molecule has 0 saturated carbocycles. The van der Waals surface area contributed by atoms with Gasteiger partial charge in [-0.1, -0.05) is 0 Å². The summed E-state index contributed by atoms with van der Waals surface area (Å²) >= 11 is 0. The van der Waals surface area contributed by atoms with Crippen molar-refractivity contribution < 1.29 is 28.9 Å². The van der Waals surface area contributed by atoms with E-state index in [0.29, 0.717) is 0 Å². The van der Waals surface area contributed by atoms with Gasteiger partial charge in [-0.25, -0.2) is 4.79 Å². The third-order valence-corrected chi connectivity index (χ3v) is 2.16. The highest BCUT2D eigenvalue weighted by atomic mass is 16.7. The van der Waals surface area contributed by atoms with E-state index in [4.69, 9.17) is 15.0 Å². The molecule has 2 atom stereocenters. The van der Waals surface area contributed by atoms with Gasteiger partial charge in [-0.2, -0.15) is 4.79 Å². The third kappa shape index (κ3) is 2.65. The number of carbonyl (C=O) groups is 1. The van der Waals surface area contributed by atoms with Gasteiger partial charge < -0.3 is 24.8 Å². The SMILES string of the molecule is COC(=O)C(=[N+]=[N-])[C@@H](O)[C@H]1COC(C)(C)O1. The van der Waals surface area contributed by atoms with E-state index in [1.54, 1.807) is 13.8 Å². The predicted molar refractivity (Wildman–Crippen MR) is 51.6 cm³/mol. The van der Waals surface area contributed by atoms with Crippen LogP contribution in [0.1, 0.15) is 13.8 Å². The molecule has 0 aromatic heterocycles. The summed E-state index contributed by atoms with van der Waals surface area (Å²) < 4.78 is 14.9. The van der Waals surface area contributed by atoms with Gasteiger partial charge in [-0.15, -0.1) is 0 Å². The zero-order valence-electron chi connectivity index (χ0n) is 9.34. The molecule has 1 rings (SSSR count). The van der Waals surface area contributed by atoms with Gasteiger partial charge in [0.25, 0.3) is 0 Å². The third-order valence-electron chi connectivity index (χ3n) is 2.16. The molecule has 0 bridgehead atoms. The highest BCUT2D eigenvalue weighted by Crippen LogP contribution is 2.24. The molecule has 7 heteroatoms. The second kappa shape index (κ2) is 4.71. The molecular formula is C9H14N2O5. The number of nitrogens with zero attached hydrogens (tertiary/aromatic N) is 2. The number of aliphatic hydroxyl groups excluding tert-OH is 1. The summed E-state index contributed by atoms with van der Waals surface area (Å²) in [6.07, 6.45) is -2.15. The first-order valence-electron chi connectivity index (χ1n) is 4.71. The molecule has 7 nitrogen and oxygen atoms in total. The van der Waals surface area contributed by atoms with E-state index in [1.807, 2.05) is 0 Å². The molecule has 0 radical (unpaired) electrons. The maximum Gasteiger partial charge on any atom is 0.419 e. The molecule has 1 aliphatic rings. The van der Waals surface area contributed by atoms with Crippen LogP contribution >= 0.6 is 0 Å². The normalized spacial score (nSPS) is 24.6. The van der Waals surface area contributed by atoms with Gasteiger partial charge in [0.1, 0.15) is 6.10 Å². The highest BCUT2D eigenvalue weighted by molar-refractivity contribution is 6.35. The van der Waals surface area contributed by atoms with Gasteiger partial charge in [-0.3, -0.25) is 0 Å². The van der Waals surface area contributed by atoms with Crippen molar-refractivity contribution in [2.45, 2.75) is 31.8 Å². The Balaban J connectivity index is 2.75. The monoisotopic (exact) mass is 230 g/mol. The van der Waals surface area contributed by atoms with Gasteiger partial charge in [0.2, 0.25) is 0 Å². The van der Waals surface area contributed by atoms with Crippen molar-refractivity contribution in [3.63, 3.8) is 0 Å². The maximum atomic E-state index is 11.1. The average molecular weight is 230 g/mol. The summed E-state index contributed by atoms with van der Waals surface area (Å²) in [7, 11) is 1.12. The standard InChI is InChI=1S/C9H14N2O5/c1-9(2)15-4-5(16-9)7(12)6(11-10)8(13)14-3/h5,7,12H,4H2,1-3H3/t5-,7+/m1/s1. The van der Waals surface area contributed by atoms with Crippen LogP contribution in [0.2, 0.25) is 0 Å². The molecule has 16 heavy (non-hydrogen) atoms. The van der Waals surface area contributed by atoms with E-state index in [-0.39, 0.29) is 6.61 Å². The average Bonchev–Trinajstić information content (AvgIpc) is 2.59. The summed E-state index contributed by atoms with van der Waals surface area (Å²) in [6.45, 7) is 3.45. The number of hydrogen-bond acceptors (Lipinski definition) is 5. The fourth-order valence-electron chi connectivity index (χ4n) is 1.37. The van der Waals surface area contributed by atoms with Crippen LogP contribution < -0.4 is 0 Å². The number of carbonyl (C=O) groups excluding carboxylic acids is 1. The molecule has 1 aliphatic heterocycles. The van der Waals surface area contributed by atoms with E-state index in [0.717, 1.165) is 7.11 Å². The van der Waals surface area contributed by atoms with Crippen LogP contribution in [0.3, 0.4) is 0 Å². The minimum atomic E-state index is -1.39. The van der Waals surface area contributed by atoms with Gasteiger partial charge in [0.05, 0.1) is 13.7 Å². The van der Waals surface area contributed by atoms with E-state index < -0.39 is 29.7 Å². The minimum Gasteiger partial charge on any atom is -0.460 e. The second-order valence-electron chi connectivity index (χ2n) is 3.79. The minimum absolute atomic E-state index is 0.101. The van der Waals surface area contributed by atoms with Crippen molar-refractivity contribution >= 4 is 11.7 Å². The van der Waals surface area contributed by atoms with E-state index in [9.17, 15) is 9.90 Å². The Hall–Kier alpha value is -1.27. The van der Waals surface area contributed by atoms with E-state index in [2.05, 4.69) is 9.53 Å². The molecule has 90 valence electrons. The summed E-state index contributed by atoms with van der Waals surface area (Å²) in [4.78, 5) is 13.8. The lowest BCUT2D eigenvalue weighted by atomic mass is 10.1. The number of rotatable bonds is 3. The van der Waals surface area contributed by atoms with Crippen molar-refractivity contribution in [1.29, 1.82) is 0 Å². The fraction of sp³-hybridized carbons (Fsp3) is 0.778. The number of esters is 1. The molecule has 1 N–H and O–H groups in total. The molecule has 1 heterocycles. The molecule has 0 aromatic carbocycles. The molecular weight excluding hydrogens is 216 g/mol. The first kappa shape index (κ1) is 12.8. The van der Waals surface area contributed by atoms with Crippen LogP contribution in [0.15, 0.2) is 0 Å². The molecule has 0 spiro atoms. The first-order valence-corrected chi connectivity index (χ1v) is 4.71. The Labute approximate surface area is 92.5 Å². The quantitative estimate of drug-likeness (QED) is 0.300. The molecule has 0 aromatic rings. The van der Waals surface area contributed by atoms with E-state index >= 15 is 0 Å². The zero-order valence-corrected chi connectivity index (χ0v) is 9.34. The number of ether oxygens (including phenoxy) is 3. The summed E-state index contributed by atoms with van der Waals surface area (Å²) in [5.74, 6) is -1.74. The Morgan fingerprint density at radius 1 is 1.69 bits per heavy atom. The summed E-state index contributed by atoms with van der Waals surface area (Å²) in [5.41, 5.74) is 8.11. The molecule has 0 aliphatic carbocycles. The second-order valence-corrected chi connectivity index (χ2v) is 3.79. The van der Waals surface area contributed by atoms with Gasteiger partial charge in [0.15, 0.2) is 11.9 Å². The Kier molecular flexibility index (Phi) is 3.77. The molecule has 1 saturated heterocycles. The first-order chi connectivity index (χ1) is 7.41. The number of aliphatic hydroxyl groups is 1. The van der Waals surface area contributed by atoms with Crippen LogP contribution in [-0.4, -0.2) is 53.3 Å². The van der Waals surface area contributed by atoms with Crippen LogP contribution in [0.25, 0.3) is 5.53 Å². The van der Waals surface area contributed by atoms with Crippen molar-refractivity contribution in [3.05, 3.63) is 5.53 Å². The van der Waals surface area contributed by atoms with Gasteiger partial charge >= 0.3 is 11.7 Å². The molecule has 0 amide bonds. The van der Waals surface area contributed by atoms with Crippen molar-refractivity contribution in [2.75, 3.05) is 13.7 Å². The summed E-state index contributed by atoms with van der Waals surface area (Å²) in [6, 6.07) is 0. The largest absolute Gasteiger partial charge is 0.460 e. The Bertz CT molecular complexity index is 335.